The molecule has 2 nitrogen and oxygen atoms in total. The lowest BCUT2D eigenvalue weighted by molar-refractivity contribution is -0.147. The van der Waals surface area contributed by atoms with Crippen molar-refractivity contribution in [3.05, 3.63) is 42.5 Å². The average molecular weight is 322 g/mol. The van der Waals surface area contributed by atoms with Crippen LogP contribution in [0, 0.1) is 17.3 Å². The van der Waals surface area contributed by atoms with Crippen molar-refractivity contribution in [2.24, 2.45) is 17.3 Å². The molecule has 0 heterocycles. The van der Waals surface area contributed by atoms with Gasteiger partial charge in [0.25, 0.3) is 0 Å². The highest BCUT2D eigenvalue weighted by Gasteiger charge is 2.56. The Morgan fingerprint density at radius 3 is 2.83 bits per heavy atom. The first-order valence-electron chi connectivity index (χ1n) is 9.44. The molecule has 3 atom stereocenters. The van der Waals surface area contributed by atoms with E-state index in [1.54, 1.807) is 0 Å². The van der Waals surface area contributed by atoms with Crippen LogP contribution in [0.25, 0.3) is 10.8 Å². The van der Waals surface area contributed by atoms with E-state index >= 15 is 0 Å². The van der Waals surface area contributed by atoms with Gasteiger partial charge in [-0.2, -0.15) is 0 Å². The predicted octanol–water partition coefficient (Wildman–Crippen LogP) is 5.74. The zero-order valence-corrected chi connectivity index (χ0v) is 14.5. The summed E-state index contributed by atoms with van der Waals surface area (Å²) in [7, 11) is 0. The van der Waals surface area contributed by atoms with Crippen LogP contribution in [0.4, 0.5) is 0 Å². The van der Waals surface area contributed by atoms with Crippen molar-refractivity contribution in [3.63, 3.8) is 0 Å². The molecule has 0 aliphatic heterocycles. The Labute approximate surface area is 144 Å². The van der Waals surface area contributed by atoms with Crippen LogP contribution in [0.5, 0.6) is 5.75 Å². The monoisotopic (exact) mass is 322 g/mol. The van der Waals surface area contributed by atoms with Crippen LogP contribution < -0.4 is 4.74 Å². The Morgan fingerprint density at radius 2 is 1.96 bits per heavy atom. The van der Waals surface area contributed by atoms with Crippen molar-refractivity contribution in [3.8, 4) is 5.75 Å². The van der Waals surface area contributed by atoms with Crippen LogP contribution >= 0.6 is 0 Å². The van der Waals surface area contributed by atoms with Crippen LogP contribution in [-0.2, 0) is 4.79 Å². The summed E-state index contributed by atoms with van der Waals surface area (Å²) in [6.07, 6.45) is 8.09. The second-order valence-corrected chi connectivity index (χ2v) is 7.61. The molecule has 3 unspecified atom stereocenters. The van der Waals surface area contributed by atoms with E-state index in [4.69, 9.17) is 4.74 Å². The van der Waals surface area contributed by atoms with Gasteiger partial charge in [0.15, 0.2) is 0 Å². The zero-order chi connectivity index (χ0) is 16.6. The van der Waals surface area contributed by atoms with Crippen molar-refractivity contribution in [1.29, 1.82) is 0 Å². The van der Waals surface area contributed by atoms with Crippen molar-refractivity contribution < 1.29 is 9.53 Å². The summed E-state index contributed by atoms with van der Waals surface area (Å²) in [6, 6.07) is 14.1. The van der Waals surface area contributed by atoms with Crippen LogP contribution in [0.3, 0.4) is 0 Å². The van der Waals surface area contributed by atoms with Gasteiger partial charge in [-0.15, -0.1) is 0 Å². The van der Waals surface area contributed by atoms with E-state index in [9.17, 15) is 4.79 Å². The Kier molecular flexibility index (Phi) is 4.07. The molecular formula is C22H26O2. The molecule has 0 amide bonds. The number of carbonyl (C=O) groups excluding carboxylic acids is 1. The number of carbonyl (C=O) groups is 1. The van der Waals surface area contributed by atoms with E-state index in [0.29, 0.717) is 5.92 Å². The molecule has 2 heteroatoms. The fourth-order valence-electron chi connectivity index (χ4n) is 5.30. The normalized spacial score (nSPS) is 28.9. The molecule has 0 aromatic heterocycles. The molecule has 2 aromatic carbocycles. The number of hydrogen-bond donors (Lipinski definition) is 0. The average Bonchev–Trinajstić information content (AvgIpc) is 3.17. The fourth-order valence-corrected chi connectivity index (χ4v) is 5.30. The second-order valence-electron chi connectivity index (χ2n) is 7.61. The lowest BCUT2D eigenvalue weighted by Crippen LogP contribution is -2.36. The van der Waals surface area contributed by atoms with Gasteiger partial charge in [0.2, 0.25) is 0 Å². The maximum Gasteiger partial charge on any atom is 0.317 e. The van der Waals surface area contributed by atoms with E-state index in [2.05, 4.69) is 19.1 Å². The van der Waals surface area contributed by atoms with Gasteiger partial charge in [0, 0.05) is 5.39 Å². The minimum atomic E-state index is -0.212. The summed E-state index contributed by atoms with van der Waals surface area (Å²) in [5, 5.41) is 2.15. The summed E-state index contributed by atoms with van der Waals surface area (Å²) in [5.74, 6) is 2.01. The smallest absolute Gasteiger partial charge is 0.317 e. The Bertz CT molecular complexity index is 745. The zero-order valence-electron chi connectivity index (χ0n) is 14.5. The molecule has 2 saturated carbocycles. The van der Waals surface area contributed by atoms with Crippen molar-refractivity contribution >= 4 is 16.7 Å². The first-order valence-corrected chi connectivity index (χ1v) is 9.44. The molecule has 2 aromatic rings. The fraction of sp³-hybridized carbons (Fsp3) is 0.500. The molecule has 0 spiro atoms. The highest BCUT2D eigenvalue weighted by atomic mass is 16.5. The van der Waals surface area contributed by atoms with Gasteiger partial charge in [-0.25, -0.2) is 0 Å². The molecule has 0 bridgehead atoms. The standard InChI is InChI=1S/C22H26O2/c1-2-7-17-13-15-22(14-6-11-19(17)22)21(23)24-20-12-5-9-16-8-3-4-10-18(16)20/h3-5,8-10,12,17,19H,2,6-7,11,13-15H2,1H3. The summed E-state index contributed by atoms with van der Waals surface area (Å²) >= 11 is 0. The van der Waals surface area contributed by atoms with Crippen LogP contribution in [-0.4, -0.2) is 5.97 Å². The van der Waals surface area contributed by atoms with E-state index in [0.717, 1.165) is 35.3 Å². The summed E-state index contributed by atoms with van der Waals surface area (Å²) in [4.78, 5) is 13.2. The van der Waals surface area contributed by atoms with E-state index < -0.39 is 0 Å². The van der Waals surface area contributed by atoms with Gasteiger partial charge < -0.3 is 4.74 Å². The molecule has 24 heavy (non-hydrogen) atoms. The van der Waals surface area contributed by atoms with Crippen LogP contribution in [0.15, 0.2) is 42.5 Å². The van der Waals surface area contributed by atoms with Crippen molar-refractivity contribution in [2.45, 2.75) is 51.9 Å². The van der Waals surface area contributed by atoms with Gasteiger partial charge >= 0.3 is 5.97 Å². The third kappa shape index (κ3) is 2.44. The molecule has 2 aliphatic carbocycles. The van der Waals surface area contributed by atoms with Gasteiger partial charge in [-0.05, 0) is 49.0 Å². The maximum atomic E-state index is 13.2. The molecule has 2 aliphatic rings. The Morgan fingerprint density at radius 1 is 1.12 bits per heavy atom. The maximum absolute atomic E-state index is 13.2. The minimum Gasteiger partial charge on any atom is -0.425 e. The first-order chi connectivity index (χ1) is 11.7. The third-order valence-corrected chi connectivity index (χ3v) is 6.40. The first kappa shape index (κ1) is 15.7. The third-order valence-electron chi connectivity index (χ3n) is 6.40. The predicted molar refractivity (Wildman–Crippen MR) is 97.0 cm³/mol. The summed E-state index contributed by atoms with van der Waals surface area (Å²) < 4.78 is 6.00. The molecule has 2 fully saturated rings. The quantitative estimate of drug-likeness (QED) is 0.530. The molecule has 126 valence electrons. The number of fused-ring (bicyclic) bond motifs is 2. The van der Waals surface area contributed by atoms with Crippen molar-refractivity contribution in [2.75, 3.05) is 0 Å². The van der Waals surface area contributed by atoms with Gasteiger partial charge in [-0.1, -0.05) is 62.6 Å². The van der Waals surface area contributed by atoms with Crippen molar-refractivity contribution in [1.82, 2.24) is 0 Å². The number of esters is 1. The van der Waals surface area contributed by atoms with E-state index in [1.807, 2.05) is 30.3 Å². The van der Waals surface area contributed by atoms with Gasteiger partial charge in [0.1, 0.15) is 5.75 Å². The number of benzene rings is 2. The molecule has 0 radical (unpaired) electrons. The highest BCUT2D eigenvalue weighted by molar-refractivity contribution is 5.91. The van der Waals surface area contributed by atoms with Gasteiger partial charge in [-0.3, -0.25) is 4.79 Å². The Balaban J connectivity index is 1.62. The molecule has 0 saturated heterocycles. The summed E-state index contributed by atoms with van der Waals surface area (Å²) in [6.45, 7) is 2.25. The number of hydrogen-bond acceptors (Lipinski definition) is 2. The Hall–Kier alpha value is -1.83. The number of ether oxygens (including phenoxy) is 1. The van der Waals surface area contributed by atoms with E-state index in [1.165, 1.54) is 32.1 Å². The molecular weight excluding hydrogens is 296 g/mol. The lowest BCUT2D eigenvalue weighted by atomic mass is 9.77. The molecule has 4 rings (SSSR count). The molecule has 0 N–H and O–H groups in total. The SMILES string of the molecule is CCCC1CCC2(C(=O)Oc3cccc4ccccc34)CCCC12. The topological polar surface area (TPSA) is 26.3 Å². The number of rotatable bonds is 4. The minimum absolute atomic E-state index is 0.0277. The highest BCUT2D eigenvalue weighted by Crippen LogP contribution is 2.58. The van der Waals surface area contributed by atoms with Crippen LogP contribution in [0.2, 0.25) is 0 Å². The second kappa shape index (κ2) is 6.23. The van der Waals surface area contributed by atoms with Gasteiger partial charge in [0.05, 0.1) is 5.41 Å². The largest absolute Gasteiger partial charge is 0.425 e. The van der Waals surface area contributed by atoms with Crippen LogP contribution in [0.1, 0.15) is 51.9 Å². The summed E-state index contributed by atoms with van der Waals surface area (Å²) in [5.41, 5.74) is -0.212. The van der Waals surface area contributed by atoms with E-state index in [-0.39, 0.29) is 11.4 Å². The lowest BCUT2D eigenvalue weighted by Gasteiger charge is -2.29.